The van der Waals surface area contributed by atoms with Crippen molar-refractivity contribution in [2.45, 2.75) is 31.1 Å². The molecule has 25 heavy (non-hydrogen) atoms. The van der Waals surface area contributed by atoms with Crippen LogP contribution in [0.3, 0.4) is 0 Å². The van der Waals surface area contributed by atoms with Crippen molar-refractivity contribution in [3.8, 4) is 5.75 Å². The van der Waals surface area contributed by atoms with E-state index in [1.54, 1.807) is 26.2 Å². The Morgan fingerprint density at radius 1 is 1.32 bits per heavy atom. The van der Waals surface area contributed by atoms with Crippen LogP contribution in [0.1, 0.15) is 48.6 Å². The number of carbonyl (C=O) groups is 1. The zero-order chi connectivity index (χ0) is 18.4. The molecule has 8 heteroatoms. The lowest BCUT2D eigenvalue weighted by molar-refractivity contribution is 0.0519. The van der Waals surface area contributed by atoms with E-state index in [4.69, 9.17) is 9.47 Å². The highest BCUT2D eigenvalue weighted by Crippen LogP contribution is 2.28. The first-order valence-electron chi connectivity index (χ1n) is 7.91. The van der Waals surface area contributed by atoms with Crippen LogP contribution in [0.25, 0.3) is 0 Å². The maximum absolute atomic E-state index is 12.1. The summed E-state index contributed by atoms with van der Waals surface area (Å²) in [6.45, 7) is 6.10. The number of hydrogen-bond acceptors (Lipinski definition) is 7. The van der Waals surface area contributed by atoms with Crippen LogP contribution in [0, 0.1) is 0 Å². The number of ether oxygens (including phenoxy) is 2. The summed E-state index contributed by atoms with van der Waals surface area (Å²) >= 11 is 2.19. The first kappa shape index (κ1) is 19.4. The third kappa shape index (κ3) is 4.77. The molecule has 2 rings (SSSR count). The van der Waals surface area contributed by atoms with Gasteiger partial charge in [-0.05, 0) is 31.0 Å². The summed E-state index contributed by atoms with van der Waals surface area (Å²) in [5.41, 5.74) is 2.25. The van der Waals surface area contributed by atoms with Crippen molar-refractivity contribution in [3.05, 3.63) is 35.3 Å². The Labute approximate surface area is 160 Å². The number of esters is 1. The number of nitrogens with one attached hydrogen (secondary N) is 1. The normalized spacial score (nSPS) is 10.6. The highest BCUT2D eigenvalue weighted by molar-refractivity contribution is 14.1. The third-order valence-corrected chi connectivity index (χ3v) is 4.15. The van der Waals surface area contributed by atoms with Gasteiger partial charge in [-0.1, -0.05) is 36.4 Å². The maximum atomic E-state index is 12.1. The fourth-order valence-corrected chi connectivity index (χ4v) is 2.57. The van der Waals surface area contributed by atoms with Gasteiger partial charge in [0.25, 0.3) is 0 Å². The summed E-state index contributed by atoms with van der Waals surface area (Å²) in [6, 6.07) is 5.43. The molecule has 2 aromatic heterocycles. The molecule has 0 atom stereocenters. The average Bonchev–Trinajstić information content (AvgIpc) is 2.61. The van der Waals surface area contributed by atoms with E-state index in [0.29, 0.717) is 15.9 Å². The molecule has 0 unspecified atom stereocenters. The van der Waals surface area contributed by atoms with Gasteiger partial charge in [-0.2, -0.15) is 5.10 Å². The van der Waals surface area contributed by atoms with Crippen LogP contribution >= 0.6 is 22.6 Å². The monoisotopic (exact) mass is 456 g/mol. The fraction of sp³-hybridized carbons (Fsp3) is 0.412. The molecule has 0 spiro atoms. The molecule has 0 aliphatic rings. The van der Waals surface area contributed by atoms with Crippen LogP contribution in [0.5, 0.6) is 5.75 Å². The molecule has 0 aromatic carbocycles. The topological polar surface area (TPSA) is 86.2 Å². The molecule has 134 valence electrons. The lowest BCUT2D eigenvalue weighted by Gasteiger charge is -2.14. The van der Waals surface area contributed by atoms with E-state index < -0.39 is 5.97 Å². The molecule has 0 fully saturated rings. The SMILES string of the molecule is CCOC(=O)c1nnc(CI)cc1Nc1ccc(OC)c(C(C)C)n1. The molecule has 0 radical (unpaired) electrons. The van der Waals surface area contributed by atoms with Crippen molar-refractivity contribution >= 4 is 40.1 Å². The molecule has 0 saturated heterocycles. The van der Waals surface area contributed by atoms with Crippen molar-refractivity contribution in [2.24, 2.45) is 0 Å². The predicted octanol–water partition coefficient (Wildman–Crippen LogP) is 3.86. The molecule has 0 saturated carbocycles. The zero-order valence-electron chi connectivity index (χ0n) is 14.7. The van der Waals surface area contributed by atoms with Crippen LogP contribution in [0.4, 0.5) is 11.5 Å². The highest BCUT2D eigenvalue weighted by atomic mass is 127. The smallest absolute Gasteiger partial charge is 0.361 e. The Morgan fingerprint density at radius 2 is 2.08 bits per heavy atom. The van der Waals surface area contributed by atoms with Crippen molar-refractivity contribution in [3.63, 3.8) is 0 Å². The second-order valence-corrected chi connectivity index (χ2v) is 6.28. The summed E-state index contributed by atoms with van der Waals surface area (Å²) in [4.78, 5) is 16.7. The van der Waals surface area contributed by atoms with Gasteiger partial charge < -0.3 is 14.8 Å². The summed E-state index contributed by atoms with van der Waals surface area (Å²) in [5, 5.41) is 11.2. The number of carbonyl (C=O) groups excluding carboxylic acids is 1. The molecule has 2 aromatic rings. The number of methoxy groups -OCH3 is 1. The van der Waals surface area contributed by atoms with Crippen molar-refractivity contribution < 1.29 is 14.3 Å². The molecule has 1 N–H and O–H groups in total. The van der Waals surface area contributed by atoms with Crippen molar-refractivity contribution in [1.29, 1.82) is 0 Å². The number of hydrogen-bond donors (Lipinski definition) is 1. The number of nitrogens with zero attached hydrogens (tertiary/aromatic N) is 3. The van der Waals surface area contributed by atoms with Crippen LogP contribution in [-0.4, -0.2) is 34.9 Å². The number of pyridine rings is 1. The Bertz CT molecular complexity index is 753. The van der Waals surface area contributed by atoms with Crippen LogP contribution < -0.4 is 10.1 Å². The van der Waals surface area contributed by atoms with E-state index in [1.165, 1.54) is 0 Å². The third-order valence-electron chi connectivity index (χ3n) is 3.37. The van der Waals surface area contributed by atoms with Crippen molar-refractivity contribution in [2.75, 3.05) is 19.0 Å². The number of alkyl halides is 1. The lowest BCUT2D eigenvalue weighted by Crippen LogP contribution is -2.13. The van der Waals surface area contributed by atoms with Crippen LogP contribution in [0.2, 0.25) is 0 Å². The predicted molar refractivity (Wildman–Crippen MR) is 104 cm³/mol. The lowest BCUT2D eigenvalue weighted by atomic mass is 10.1. The van der Waals surface area contributed by atoms with Gasteiger partial charge in [0.1, 0.15) is 11.6 Å². The van der Waals surface area contributed by atoms with E-state index in [2.05, 4.69) is 43.1 Å². The largest absolute Gasteiger partial charge is 0.495 e. The Kier molecular flexibility index (Phi) is 6.91. The maximum Gasteiger partial charge on any atom is 0.361 e. The van der Waals surface area contributed by atoms with Crippen LogP contribution in [0.15, 0.2) is 18.2 Å². The van der Waals surface area contributed by atoms with E-state index in [1.807, 2.05) is 19.9 Å². The van der Waals surface area contributed by atoms with Gasteiger partial charge in [0.15, 0.2) is 5.69 Å². The molecule has 0 aliphatic heterocycles. The van der Waals surface area contributed by atoms with Gasteiger partial charge in [0.2, 0.25) is 0 Å². The summed E-state index contributed by atoms with van der Waals surface area (Å²) in [5.74, 6) is 1.01. The zero-order valence-corrected chi connectivity index (χ0v) is 16.8. The van der Waals surface area contributed by atoms with Gasteiger partial charge >= 0.3 is 5.97 Å². The first-order valence-corrected chi connectivity index (χ1v) is 9.44. The second kappa shape index (κ2) is 8.93. The summed E-state index contributed by atoms with van der Waals surface area (Å²) in [6.07, 6.45) is 0. The standard InChI is InChI=1S/C17H21IN4O3/c1-5-25-17(23)16-12(8-11(9-18)21-22-16)19-14-7-6-13(24-4)15(20-14)10(2)3/h6-8,10H,5,9H2,1-4H3,(H,19,20,21). The fourth-order valence-electron chi connectivity index (χ4n) is 2.20. The molecule has 0 bridgehead atoms. The Balaban J connectivity index is 2.41. The Morgan fingerprint density at radius 3 is 2.68 bits per heavy atom. The highest BCUT2D eigenvalue weighted by Gasteiger charge is 2.18. The van der Waals surface area contributed by atoms with Gasteiger partial charge in [0.05, 0.1) is 30.8 Å². The molecule has 7 nitrogen and oxygen atoms in total. The van der Waals surface area contributed by atoms with Crippen LogP contribution in [-0.2, 0) is 9.16 Å². The molecule has 0 aliphatic carbocycles. The minimum absolute atomic E-state index is 0.138. The molecular formula is C17H21IN4O3. The van der Waals surface area contributed by atoms with Crippen molar-refractivity contribution in [1.82, 2.24) is 15.2 Å². The van der Waals surface area contributed by atoms with E-state index in [-0.39, 0.29) is 18.2 Å². The minimum atomic E-state index is -0.518. The quantitative estimate of drug-likeness (QED) is 0.385. The van der Waals surface area contributed by atoms with E-state index >= 15 is 0 Å². The van der Waals surface area contributed by atoms with Gasteiger partial charge in [-0.3, -0.25) is 0 Å². The van der Waals surface area contributed by atoms with Gasteiger partial charge in [-0.15, -0.1) is 5.10 Å². The van der Waals surface area contributed by atoms with E-state index in [9.17, 15) is 4.79 Å². The van der Waals surface area contributed by atoms with Gasteiger partial charge in [0, 0.05) is 4.43 Å². The first-order chi connectivity index (χ1) is 12.0. The number of halogens is 1. The number of anilines is 2. The molecular weight excluding hydrogens is 435 g/mol. The minimum Gasteiger partial charge on any atom is -0.495 e. The second-order valence-electron chi connectivity index (χ2n) is 5.52. The molecule has 2 heterocycles. The van der Waals surface area contributed by atoms with Gasteiger partial charge in [-0.25, -0.2) is 9.78 Å². The summed E-state index contributed by atoms with van der Waals surface area (Å²) < 4.78 is 11.1. The summed E-state index contributed by atoms with van der Waals surface area (Å²) in [7, 11) is 1.62. The average molecular weight is 456 g/mol. The molecule has 0 amide bonds. The van der Waals surface area contributed by atoms with E-state index in [0.717, 1.165) is 17.1 Å². The number of rotatable bonds is 7. The Hall–Kier alpha value is -1.97. The number of aromatic nitrogens is 3.